The van der Waals surface area contributed by atoms with Gasteiger partial charge in [-0.1, -0.05) is 6.07 Å². The van der Waals surface area contributed by atoms with Crippen molar-refractivity contribution in [2.75, 3.05) is 0 Å². The zero-order valence-corrected chi connectivity index (χ0v) is 12.0. The van der Waals surface area contributed by atoms with Crippen LogP contribution in [0.15, 0.2) is 24.4 Å². The molecule has 0 spiro atoms. The number of alkyl halides is 3. The van der Waals surface area contributed by atoms with Gasteiger partial charge in [0.25, 0.3) is 5.91 Å². The van der Waals surface area contributed by atoms with Crippen molar-refractivity contribution in [2.45, 2.75) is 19.1 Å². The SMILES string of the molecule is C[C@H](NC(=O)c1nc(C(F)(F)F)cnc1F)c1ccc(F)c(F)c1. The number of halogens is 6. The molecule has 10 heteroatoms. The largest absolute Gasteiger partial charge is 0.434 e. The number of rotatable bonds is 3. The molecule has 1 atom stereocenters. The van der Waals surface area contributed by atoms with Gasteiger partial charge in [0.2, 0.25) is 5.95 Å². The number of benzene rings is 1. The summed E-state index contributed by atoms with van der Waals surface area (Å²) in [6, 6.07) is 1.84. The highest BCUT2D eigenvalue weighted by molar-refractivity contribution is 5.92. The van der Waals surface area contributed by atoms with Crippen LogP contribution in [0.25, 0.3) is 0 Å². The van der Waals surface area contributed by atoms with E-state index in [1.807, 2.05) is 0 Å². The van der Waals surface area contributed by atoms with Gasteiger partial charge in [-0.2, -0.15) is 17.6 Å². The maximum absolute atomic E-state index is 13.5. The predicted molar refractivity (Wildman–Crippen MR) is 69.2 cm³/mol. The molecule has 2 aromatic rings. The lowest BCUT2D eigenvalue weighted by molar-refractivity contribution is -0.141. The lowest BCUT2D eigenvalue weighted by Crippen LogP contribution is -2.29. The Morgan fingerprint density at radius 2 is 1.83 bits per heavy atom. The summed E-state index contributed by atoms with van der Waals surface area (Å²) in [6.07, 6.45) is -4.74. The number of hydrogen-bond acceptors (Lipinski definition) is 3. The van der Waals surface area contributed by atoms with Crippen LogP contribution in [0.4, 0.5) is 26.3 Å². The maximum Gasteiger partial charge on any atom is 0.434 e. The lowest BCUT2D eigenvalue weighted by atomic mass is 10.1. The van der Waals surface area contributed by atoms with Crippen LogP contribution < -0.4 is 5.32 Å². The minimum Gasteiger partial charge on any atom is -0.344 e. The quantitative estimate of drug-likeness (QED) is 0.864. The molecule has 0 bridgehead atoms. The number of carbonyl (C=O) groups is 1. The monoisotopic (exact) mass is 349 g/mol. The number of hydrogen-bond donors (Lipinski definition) is 1. The minimum absolute atomic E-state index is 0.127. The molecule has 0 fully saturated rings. The summed E-state index contributed by atoms with van der Waals surface area (Å²) < 4.78 is 77.1. The van der Waals surface area contributed by atoms with Gasteiger partial charge in [-0.15, -0.1) is 0 Å². The van der Waals surface area contributed by atoms with Crippen LogP contribution in [-0.2, 0) is 6.18 Å². The molecule has 4 nitrogen and oxygen atoms in total. The van der Waals surface area contributed by atoms with Gasteiger partial charge in [0, 0.05) is 0 Å². The normalized spacial score (nSPS) is 12.8. The smallest absolute Gasteiger partial charge is 0.344 e. The number of carbonyl (C=O) groups excluding carboxylic acids is 1. The topological polar surface area (TPSA) is 54.9 Å². The first-order valence-corrected chi connectivity index (χ1v) is 6.45. The molecule has 2 rings (SSSR count). The number of nitrogens with zero attached hydrogens (tertiary/aromatic N) is 2. The van der Waals surface area contributed by atoms with Crippen LogP contribution in [0.5, 0.6) is 0 Å². The molecule has 0 saturated carbocycles. The molecular weight excluding hydrogens is 340 g/mol. The molecule has 24 heavy (non-hydrogen) atoms. The van der Waals surface area contributed by atoms with Crippen LogP contribution in [0, 0.1) is 17.6 Å². The summed E-state index contributed by atoms with van der Waals surface area (Å²) in [4.78, 5) is 17.7. The highest BCUT2D eigenvalue weighted by Gasteiger charge is 2.34. The summed E-state index contributed by atoms with van der Waals surface area (Å²) in [7, 11) is 0. The van der Waals surface area contributed by atoms with Gasteiger partial charge in [-0.25, -0.2) is 18.7 Å². The summed E-state index contributed by atoms with van der Waals surface area (Å²) in [5.74, 6) is -5.04. The van der Waals surface area contributed by atoms with E-state index in [0.717, 1.165) is 18.2 Å². The highest BCUT2D eigenvalue weighted by atomic mass is 19.4. The molecule has 1 aromatic heterocycles. The van der Waals surface area contributed by atoms with Crippen molar-refractivity contribution < 1.29 is 31.1 Å². The van der Waals surface area contributed by atoms with Gasteiger partial charge < -0.3 is 5.32 Å². The van der Waals surface area contributed by atoms with Crippen LogP contribution in [-0.4, -0.2) is 15.9 Å². The second kappa shape index (κ2) is 6.46. The summed E-state index contributed by atoms with van der Waals surface area (Å²) in [5.41, 5.74) is -2.56. The summed E-state index contributed by atoms with van der Waals surface area (Å²) in [5, 5.41) is 2.14. The summed E-state index contributed by atoms with van der Waals surface area (Å²) >= 11 is 0. The van der Waals surface area contributed by atoms with Gasteiger partial charge in [0.1, 0.15) is 0 Å². The van der Waals surface area contributed by atoms with Crippen LogP contribution in [0.3, 0.4) is 0 Å². The highest BCUT2D eigenvalue weighted by Crippen LogP contribution is 2.27. The van der Waals surface area contributed by atoms with Gasteiger partial charge in [-0.05, 0) is 24.6 Å². The van der Waals surface area contributed by atoms with E-state index < -0.39 is 47.1 Å². The van der Waals surface area contributed by atoms with E-state index in [1.54, 1.807) is 0 Å². The molecular formula is C14H9F6N3O. The molecule has 1 heterocycles. The molecule has 0 aliphatic rings. The number of aromatic nitrogens is 2. The molecule has 128 valence electrons. The Bertz CT molecular complexity index is 778. The first-order chi connectivity index (χ1) is 11.1. The molecule has 1 aromatic carbocycles. The van der Waals surface area contributed by atoms with Crippen LogP contribution >= 0.6 is 0 Å². The fourth-order valence-electron chi connectivity index (χ4n) is 1.79. The van der Waals surface area contributed by atoms with Crippen molar-refractivity contribution in [2.24, 2.45) is 0 Å². The minimum atomic E-state index is -4.90. The van der Waals surface area contributed by atoms with E-state index in [1.165, 1.54) is 6.92 Å². The Hall–Kier alpha value is -2.65. The fourth-order valence-corrected chi connectivity index (χ4v) is 1.79. The Labute approximate surface area is 131 Å². The van der Waals surface area contributed by atoms with E-state index in [-0.39, 0.29) is 11.8 Å². The lowest BCUT2D eigenvalue weighted by Gasteiger charge is -2.15. The third kappa shape index (κ3) is 3.81. The Morgan fingerprint density at radius 1 is 1.17 bits per heavy atom. The molecule has 0 aliphatic heterocycles. The maximum atomic E-state index is 13.5. The second-order valence-electron chi connectivity index (χ2n) is 4.76. The van der Waals surface area contributed by atoms with E-state index in [0.29, 0.717) is 0 Å². The third-order valence-corrected chi connectivity index (χ3v) is 3.02. The zero-order valence-electron chi connectivity index (χ0n) is 12.0. The van der Waals surface area contributed by atoms with Crippen LogP contribution in [0.1, 0.15) is 34.7 Å². The first-order valence-electron chi connectivity index (χ1n) is 6.45. The Balaban J connectivity index is 2.24. The average Bonchev–Trinajstić information content (AvgIpc) is 2.49. The zero-order chi connectivity index (χ0) is 18.1. The van der Waals surface area contributed by atoms with Crippen molar-refractivity contribution in [3.8, 4) is 0 Å². The molecule has 0 radical (unpaired) electrons. The van der Waals surface area contributed by atoms with Crippen molar-refractivity contribution in [1.82, 2.24) is 15.3 Å². The molecule has 0 aliphatic carbocycles. The van der Waals surface area contributed by atoms with Crippen molar-refractivity contribution in [3.63, 3.8) is 0 Å². The van der Waals surface area contributed by atoms with E-state index in [9.17, 15) is 31.1 Å². The van der Waals surface area contributed by atoms with Crippen molar-refractivity contribution >= 4 is 5.91 Å². The van der Waals surface area contributed by atoms with Crippen LogP contribution in [0.2, 0.25) is 0 Å². The Kier molecular flexibility index (Phi) is 4.76. The van der Waals surface area contributed by atoms with Gasteiger partial charge >= 0.3 is 6.18 Å². The molecule has 1 amide bonds. The number of amides is 1. The molecule has 1 N–H and O–H groups in total. The second-order valence-corrected chi connectivity index (χ2v) is 4.76. The predicted octanol–water partition coefficient (Wildman–Crippen LogP) is 3.40. The van der Waals surface area contributed by atoms with Gasteiger partial charge in [0.15, 0.2) is 23.0 Å². The molecule has 0 saturated heterocycles. The third-order valence-electron chi connectivity index (χ3n) is 3.02. The average molecular weight is 349 g/mol. The van der Waals surface area contributed by atoms with Gasteiger partial charge in [-0.3, -0.25) is 4.79 Å². The summed E-state index contributed by atoms with van der Waals surface area (Å²) in [6.45, 7) is 1.35. The van der Waals surface area contributed by atoms with Crippen molar-refractivity contribution in [3.05, 3.63) is 58.9 Å². The first kappa shape index (κ1) is 17.7. The standard InChI is InChI=1S/C14H9F6N3O/c1-6(7-2-3-8(15)9(16)4-7)22-13(24)11-12(17)21-5-10(23-11)14(18,19)20/h2-6H,1H3,(H,22,24)/t6-/m0/s1. The van der Waals surface area contributed by atoms with Gasteiger partial charge in [0.05, 0.1) is 12.2 Å². The Morgan fingerprint density at radius 3 is 2.42 bits per heavy atom. The fraction of sp³-hybridized carbons (Fsp3) is 0.214. The van der Waals surface area contributed by atoms with E-state index in [4.69, 9.17) is 0 Å². The van der Waals surface area contributed by atoms with E-state index >= 15 is 0 Å². The number of nitrogens with one attached hydrogen (secondary N) is 1. The van der Waals surface area contributed by atoms with E-state index in [2.05, 4.69) is 15.3 Å². The van der Waals surface area contributed by atoms with Crippen molar-refractivity contribution in [1.29, 1.82) is 0 Å². The molecule has 0 unspecified atom stereocenters.